The minimum atomic E-state index is -0.116. The second kappa shape index (κ2) is 7.97. The monoisotopic (exact) mass is 336 g/mol. The third-order valence-corrected chi connectivity index (χ3v) is 4.66. The van der Waals surface area contributed by atoms with Crippen molar-refractivity contribution >= 4 is 17.5 Å². The van der Waals surface area contributed by atoms with Crippen molar-refractivity contribution in [3.8, 4) is 0 Å². The fourth-order valence-electron chi connectivity index (χ4n) is 3.09. The van der Waals surface area contributed by atoms with Crippen LogP contribution in [0, 0.1) is 5.92 Å². The molecule has 0 bridgehead atoms. The smallest absolute Gasteiger partial charge is 0.254 e. The number of rotatable bonds is 6. The summed E-state index contributed by atoms with van der Waals surface area (Å²) < 4.78 is 0. The molecule has 130 valence electrons. The minimum absolute atomic E-state index is 0.0464. The van der Waals surface area contributed by atoms with Crippen LogP contribution in [0.2, 0.25) is 0 Å². The van der Waals surface area contributed by atoms with E-state index < -0.39 is 0 Å². The first-order chi connectivity index (χ1) is 12.1. The molecule has 2 aromatic carbocycles. The summed E-state index contributed by atoms with van der Waals surface area (Å²) in [5, 5.41) is 2.73. The van der Waals surface area contributed by atoms with Crippen LogP contribution in [0.4, 0.5) is 5.69 Å². The average Bonchev–Trinajstić information content (AvgIpc) is 2.57. The molecule has 25 heavy (non-hydrogen) atoms. The summed E-state index contributed by atoms with van der Waals surface area (Å²) in [5.41, 5.74) is 2.51. The molecule has 3 rings (SSSR count). The predicted molar refractivity (Wildman–Crippen MR) is 99.3 cm³/mol. The average molecular weight is 336 g/mol. The summed E-state index contributed by atoms with van der Waals surface area (Å²) in [5.74, 6) is 0.547. The molecule has 1 N–H and O–H groups in total. The van der Waals surface area contributed by atoms with E-state index in [4.69, 9.17) is 0 Å². The molecule has 2 amide bonds. The molecule has 0 atom stereocenters. The number of carbonyl (C=O) groups is 2. The van der Waals surface area contributed by atoms with Gasteiger partial charge in [-0.1, -0.05) is 36.8 Å². The summed E-state index contributed by atoms with van der Waals surface area (Å²) in [6.45, 7) is 2.91. The fraction of sp³-hybridized carbons (Fsp3) is 0.333. The van der Waals surface area contributed by atoms with Crippen LogP contribution < -0.4 is 5.32 Å². The van der Waals surface area contributed by atoms with Gasteiger partial charge in [-0.15, -0.1) is 0 Å². The second-order valence-electron chi connectivity index (χ2n) is 6.73. The minimum Gasteiger partial charge on any atom is -0.334 e. The number of carbonyl (C=O) groups excluding carboxylic acids is 2. The lowest BCUT2D eigenvalue weighted by atomic mass is 9.85. The molecular formula is C21H24N2O2. The van der Waals surface area contributed by atoms with Gasteiger partial charge < -0.3 is 10.2 Å². The van der Waals surface area contributed by atoms with E-state index in [2.05, 4.69) is 17.4 Å². The predicted octanol–water partition coefficient (Wildman–Crippen LogP) is 4.09. The Balaban J connectivity index is 1.74. The third-order valence-electron chi connectivity index (χ3n) is 4.66. The lowest BCUT2D eigenvalue weighted by Crippen LogP contribution is -2.37. The number of hydrogen-bond acceptors (Lipinski definition) is 2. The summed E-state index contributed by atoms with van der Waals surface area (Å²) in [7, 11) is 0. The molecule has 4 heteroatoms. The van der Waals surface area contributed by atoms with Gasteiger partial charge in [-0.25, -0.2) is 0 Å². The van der Waals surface area contributed by atoms with Crippen LogP contribution in [-0.4, -0.2) is 23.3 Å². The van der Waals surface area contributed by atoms with E-state index in [1.807, 2.05) is 23.1 Å². The highest BCUT2D eigenvalue weighted by Gasteiger charge is 2.24. The Morgan fingerprint density at radius 3 is 2.28 bits per heavy atom. The molecule has 0 aliphatic heterocycles. The zero-order chi connectivity index (χ0) is 17.6. The molecule has 1 aliphatic rings. The molecule has 0 spiro atoms. The van der Waals surface area contributed by atoms with Crippen molar-refractivity contribution in [2.75, 3.05) is 11.9 Å². The van der Waals surface area contributed by atoms with Crippen molar-refractivity contribution < 1.29 is 9.59 Å². The summed E-state index contributed by atoms with van der Waals surface area (Å²) in [6, 6.07) is 17.2. The zero-order valence-corrected chi connectivity index (χ0v) is 14.6. The van der Waals surface area contributed by atoms with E-state index in [9.17, 15) is 9.59 Å². The van der Waals surface area contributed by atoms with Crippen LogP contribution in [0.3, 0.4) is 0 Å². The van der Waals surface area contributed by atoms with Gasteiger partial charge >= 0.3 is 0 Å². The molecule has 0 saturated heterocycles. The van der Waals surface area contributed by atoms with E-state index in [1.54, 1.807) is 24.3 Å². The second-order valence-corrected chi connectivity index (χ2v) is 6.73. The lowest BCUT2D eigenvalue weighted by molar-refractivity contribution is -0.114. The number of nitrogens with one attached hydrogen (secondary N) is 1. The van der Waals surface area contributed by atoms with Gasteiger partial charge in [-0.05, 0) is 48.6 Å². The molecule has 0 radical (unpaired) electrons. The molecule has 4 nitrogen and oxygen atoms in total. The molecule has 1 saturated carbocycles. The van der Waals surface area contributed by atoms with Crippen LogP contribution in [0.5, 0.6) is 0 Å². The topological polar surface area (TPSA) is 49.4 Å². The van der Waals surface area contributed by atoms with Crippen molar-refractivity contribution in [1.29, 1.82) is 0 Å². The highest BCUT2D eigenvalue weighted by molar-refractivity contribution is 5.95. The van der Waals surface area contributed by atoms with Gasteiger partial charge in [-0.3, -0.25) is 9.59 Å². The first-order valence-electron chi connectivity index (χ1n) is 8.82. The molecule has 1 aliphatic carbocycles. The fourth-order valence-corrected chi connectivity index (χ4v) is 3.09. The molecule has 0 aromatic heterocycles. The normalized spacial score (nSPS) is 13.8. The Labute approximate surface area is 148 Å². The van der Waals surface area contributed by atoms with Crippen molar-refractivity contribution in [2.45, 2.75) is 32.7 Å². The number of hydrogen-bond donors (Lipinski definition) is 1. The van der Waals surface area contributed by atoms with Crippen LogP contribution >= 0.6 is 0 Å². The Kier molecular flexibility index (Phi) is 5.49. The Morgan fingerprint density at radius 1 is 1.04 bits per heavy atom. The van der Waals surface area contributed by atoms with Gasteiger partial charge in [-0.2, -0.15) is 0 Å². The van der Waals surface area contributed by atoms with Crippen molar-refractivity contribution in [1.82, 2.24) is 4.90 Å². The maximum Gasteiger partial charge on any atom is 0.254 e. The Morgan fingerprint density at radius 2 is 1.72 bits per heavy atom. The maximum atomic E-state index is 13.0. The number of anilines is 1. The number of benzene rings is 2. The summed E-state index contributed by atoms with van der Waals surface area (Å²) >= 11 is 0. The van der Waals surface area contributed by atoms with E-state index in [0.717, 1.165) is 12.1 Å². The van der Waals surface area contributed by atoms with Gasteiger partial charge in [0.2, 0.25) is 5.91 Å². The first-order valence-corrected chi connectivity index (χ1v) is 8.82. The SMILES string of the molecule is CC(=O)Nc1ccc(C(=O)N(Cc2ccccc2)CC2CCC2)cc1. The van der Waals surface area contributed by atoms with Crippen LogP contribution in [0.15, 0.2) is 54.6 Å². The molecule has 0 heterocycles. The van der Waals surface area contributed by atoms with Gasteiger partial charge in [0, 0.05) is 31.3 Å². The lowest BCUT2D eigenvalue weighted by Gasteiger charge is -2.32. The highest BCUT2D eigenvalue weighted by atomic mass is 16.2. The van der Waals surface area contributed by atoms with E-state index in [-0.39, 0.29) is 11.8 Å². The van der Waals surface area contributed by atoms with Crippen molar-refractivity contribution in [3.63, 3.8) is 0 Å². The van der Waals surface area contributed by atoms with Gasteiger partial charge in [0.25, 0.3) is 5.91 Å². The largest absolute Gasteiger partial charge is 0.334 e. The van der Waals surface area contributed by atoms with Crippen LogP contribution in [-0.2, 0) is 11.3 Å². The number of amides is 2. The van der Waals surface area contributed by atoms with Crippen molar-refractivity contribution in [3.05, 3.63) is 65.7 Å². The molecule has 1 fully saturated rings. The Bertz CT molecular complexity index is 721. The van der Waals surface area contributed by atoms with Crippen molar-refractivity contribution in [2.24, 2.45) is 5.92 Å². The van der Waals surface area contributed by atoms with Crippen LogP contribution in [0.25, 0.3) is 0 Å². The molecule has 2 aromatic rings. The third kappa shape index (κ3) is 4.69. The summed E-state index contributed by atoms with van der Waals surface area (Å²) in [4.78, 5) is 26.1. The maximum absolute atomic E-state index is 13.0. The van der Waals surface area contributed by atoms with E-state index in [0.29, 0.717) is 23.7 Å². The first kappa shape index (κ1) is 17.2. The van der Waals surface area contributed by atoms with Gasteiger partial charge in [0.05, 0.1) is 0 Å². The van der Waals surface area contributed by atoms with Gasteiger partial charge in [0.1, 0.15) is 0 Å². The van der Waals surface area contributed by atoms with E-state index in [1.165, 1.54) is 26.2 Å². The van der Waals surface area contributed by atoms with Crippen LogP contribution in [0.1, 0.15) is 42.1 Å². The van der Waals surface area contributed by atoms with E-state index >= 15 is 0 Å². The van der Waals surface area contributed by atoms with Gasteiger partial charge in [0.15, 0.2) is 0 Å². The highest BCUT2D eigenvalue weighted by Crippen LogP contribution is 2.28. The summed E-state index contributed by atoms with van der Waals surface area (Å²) in [6.07, 6.45) is 3.68. The molecule has 0 unspecified atom stereocenters. The number of nitrogens with zero attached hydrogens (tertiary/aromatic N) is 1. The Hall–Kier alpha value is -2.62. The zero-order valence-electron chi connectivity index (χ0n) is 14.6. The standard InChI is InChI=1S/C21H24N2O2/c1-16(24)22-20-12-10-19(11-13-20)21(25)23(15-18-8-5-9-18)14-17-6-3-2-4-7-17/h2-4,6-7,10-13,18H,5,8-9,14-15H2,1H3,(H,22,24). The quantitative estimate of drug-likeness (QED) is 0.864. The molecular weight excluding hydrogens is 312 g/mol.